The maximum absolute atomic E-state index is 13.2. The number of amides is 5. The van der Waals surface area contributed by atoms with Gasteiger partial charge < -0.3 is 31.7 Å². The van der Waals surface area contributed by atoms with Crippen molar-refractivity contribution in [2.45, 2.75) is 25.9 Å². The highest BCUT2D eigenvalue weighted by Crippen LogP contribution is 2.56. The number of para-hydroxylation sites is 1. The Morgan fingerprint density at radius 1 is 1.02 bits per heavy atom. The van der Waals surface area contributed by atoms with E-state index in [1.54, 1.807) is 35.7 Å². The minimum Gasteiger partial charge on any atom is -0.457 e. The molecule has 1 aromatic heterocycles. The Hall–Kier alpha value is -4.97. The van der Waals surface area contributed by atoms with E-state index in [2.05, 4.69) is 15.6 Å². The van der Waals surface area contributed by atoms with Crippen LogP contribution in [0, 0.1) is 5.41 Å². The third-order valence-corrected chi connectivity index (χ3v) is 7.77. The predicted molar refractivity (Wildman–Crippen MR) is 153 cm³/mol. The van der Waals surface area contributed by atoms with E-state index in [1.807, 2.05) is 43.3 Å². The molecule has 1 aliphatic heterocycles. The van der Waals surface area contributed by atoms with Gasteiger partial charge in [0.1, 0.15) is 23.4 Å². The normalized spacial score (nSPS) is 19.1. The molecule has 0 bridgehead atoms. The average Bonchev–Trinajstić information content (AvgIpc) is 3.26. The van der Waals surface area contributed by atoms with Crippen LogP contribution in [0.2, 0.25) is 0 Å². The van der Waals surface area contributed by atoms with Crippen LogP contribution in [-0.4, -0.2) is 47.1 Å². The number of fused-ring (bicyclic) bond motifs is 1. The second kappa shape index (κ2) is 11.3. The number of benzene rings is 2. The maximum atomic E-state index is 13.2. The van der Waals surface area contributed by atoms with Gasteiger partial charge in [-0.2, -0.15) is 4.99 Å². The zero-order valence-corrected chi connectivity index (χ0v) is 22.9. The molecule has 0 spiro atoms. The monoisotopic (exact) mass is 572 g/mol. The lowest BCUT2D eigenvalue weighted by atomic mass is 10.00. The summed E-state index contributed by atoms with van der Waals surface area (Å²) in [4.78, 5) is 55.7. The van der Waals surface area contributed by atoms with E-state index in [0.29, 0.717) is 29.0 Å². The summed E-state index contributed by atoms with van der Waals surface area (Å²) >= 11 is 1.34. The van der Waals surface area contributed by atoms with Gasteiger partial charge in [-0.15, -0.1) is 11.3 Å². The third-order valence-electron chi connectivity index (χ3n) is 6.83. The quantitative estimate of drug-likeness (QED) is 0.227. The number of hydrogen-bond acceptors (Lipinski definition) is 6. The van der Waals surface area contributed by atoms with Crippen molar-refractivity contribution >= 4 is 40.9 Å². The number of nitrogens with two attached hydrogens (primary N) is 2. The van der Waals surface area contributed by atoms with E-state index in [1.165, 1.54) is 16.2 Å². The van der Waals surface area contributed by atoms with Crippen LogP contribution in [0.15, 0.2) is 82.8 Å². The van der Waals surface area contributed by atoms with Gasteiger partial charge in [0, 0.05) is 32.5 Å². The second-order valence-electron chi connectivity index (χ2n) is 9.91. The van der Waals surface area contributed by atoms with Crippen molar-refractivity contribution in [1.29, 1.82) is 0 Å². The lowest BCUT2D eigenvalue weighted by Gasteiger charge is -2.24. The van der Waals surface area contributed by atoms with Crippen molar-refractivity contribution in [3.63, 3.8) is 0 Å². The van der Waals surface area contributed by atoms with Crippen LogP contribution in [0.1, 0.15) is 34.1 Å². The van der Waals surface area contributed by atoms with E-state index in [9.17, 15) is 19.2 Å². The van der Waals surface area contributed by atoms with Crippen molar-refractivity contribution in [2.24, 2.45) is 21.9 Å². The van der Waals surface area contributed by atoms with Crippen LogP contribution < -0.4 is 26.8 Å². The van der Waals surface area contributed by atoms with E-state index in [4.69, 9.17) is 16.2 Å². The molecule has 5 rings (SSSR count). The lowest BCUT2D eigenvalue weighted by molar-refractivity contribution is -0.136. The number of carbonyl (C=O) groups is 4. The SMILES string of the molecule is C[C@@]12C=C1N(C(=O)CNC(=O)c1ccc(Oc3ccccc3)cc1)[C@H](C(=O)NCc1cc(/C(N)=N/C(N)=O)cs1)C2. The maximum Gasteiger partial charge on any atom is 0.340 e. The average molecular weight is 573 g/mol. The highest BCUT2D eigenvalue weighted by Gasteiger charge is 2.56. The summed E-state index contributed by atoms with van der Waals surface area (Å²) in [5.74, 6) is 0.170. The van der Waals surface area contributed by atoms with Crippen LogP contribution in [-0.2, 0) is 16.1 Å². The largest absolute Gasteiger partial charge is 0.457 e. The van der Waals surface area contributed by atoms with Gasteiger partial charge in [0.05, 0.1) is 13.1 Å². The molecule has 12 heteroatoms. The van der Waals surface area contributed by atoms with Crippen molar-refractivity contribution in [3.8, 4) is 11.5 Å². The Balaban J connectivity index is 1.15. The first kappa shape index (κ1) is 27.6. The van der Waals surface area contributed by atoms with E-state index in [-0.39, 0.29) is 36.2 Å². The van der Waals surface area contributed by atoms with Crippen molar-refractivity contribution in [3.05, 3.63) is 93.8 Å². The Morgan fingerprint density at radius 2 is 1.73 bits per heavy atom. The van der Waals surface area contributed by atoms with Crippen molar-refractivity contribution in [1.82, 2.24) is 15.5 Å². The summed E-state index contributed by atoms with van der Waals surface area (Å²) in [6.45, 7) is 1.92. The number of ether oxygens (including phenoxy) is 1. The van der Waals surface area contributed by atoms with Gasteiger partial charge in [0.25, 0.3) is 5.91 Å². The van der Waals surface area contributed by atoms with Crippen LogP contribution in [0.4, 0.5) is 4.79 Å². The summed E-state index contributed by atoms with van der Waals surface area (Å²) in [7, 11) is 0. The summed E-state index contributed by atoms with van der Waals surface area (Å²) < 4.78 is 5.75. The van der Waals surface area contributed by atoms with Crippen LogP contribution in [0.3, 0.4) is 0 Å². The number of rotatable bonds is 9. The van der Waals surface area contributed by atoms with Crippen LogP contribution >= 0.6 is 11.3 Å². The van der Waals surface area contributed by atoms with Crippen molar-refractivity contribution in [2.75, 3.05) is 6.54 Å². The molecule has 0 saturated carbocycles. The Labute approximate surface area is 239 Å². The number of amidine groups is 1. The summed E-state index contributed by atoms with van der Waals surface area (Å²) in [5, 5.41) is 7.24. The number of primary amides is 1. The van der Waals surface area contributed by atoms with Crippen LogP contribution in [0.25, 0.3) is 0 Å². The molecule has 41 heavy (non-hydrogen) atoms. The molecule has 210 valence electrons. The lowest BCUT2D eigenvalue weighted by Crippen LogP contribution is -2.48. The molecule has 0 unspecified atom stereocenters. The van der Waals surface area contributed by atoms with E-state index in [0.717, 1.165) is 10.6 Å². The molecule has 6 N–H and O–H groups in total. The number of likely N-dealkylation sites (tertiary alicyclic amines) is 1. The number of thiophene rings is 1. The fraction of sp³-hybridized carbons (Fsp3) is 0.207. The smallest absolute Gasteiger partial charge is 0.340 e. The number of urea groups is 1. The molecule has 2 aliphatic rings. The predicted octanol–water partition coefficient (Wildman–Crippen LogP) is 2.88. The molecule has 11 nitrogen and oxygen atoms in total. The highest BCUT2D eigenvalue weighted by molar-refractivity contribution is 7.10. The minimum atomic E-state index is -0.890. The molecule has 3 aromatic rings. The van der Waals surface area contributed by atoms with Gasteiger partial charge in [0.15, 0.2) is 0 Å². The van der Waals surface area contributed by atoms with Gasteiger partial charge in [-0.1, -0.05) is 31.2 Å². The molecular formula is C29H28N6O5S. The number of nitrogens with zero attached hydrogens (tertiary/aromatic N) is 2. The molecule has 0 radical (unpaired) electrons. The number of allylic oxidation sites excluding steroid dienone is 2. The van der Waals surface area contributed by atoms with Gasteiger partial charge >= 0.3 is 6.03 Å². The number of carbonyl (C=O) groups excluding carboxylic acids is 4. The number of nitrogens with one attached hydrogen (secondary N) is 2. The Bertz CT molecular complexity index is 1570. The van der Waals surface area contributed by atoms with Crippen LogP contribution in [0.5, 0.6) is 11.5 Å². The molecule has 2 atom stereocenters. The summed E-state index contributed by atoms with van der Waals surface area (Å²) in [6, 6.07) is 16.0. The molecule has 2 heterocycles. The number of aliphatic imine (C=N–C) groups is 1. The number of hydrogen-bond donors (Lipinski definition) is 4. The molecule has 1 saturated heterocycles. The zero-order valence-electron chi connectivity index (χ0n) is 22.1. The molecule has 5 amide bonds. The first-order valence-electron chi connectivity index (χ1n) is 12.8. The first-order chi connectivity index (χ1) is 19.6. The standard InChI is InChI=1S/C29H28N6O5S/c1-29-12-22(27(38)32-14-21-11-18(16-41-21)25(30)34-28(31)39)35(23(29)13-29)24(36)15-33-26(37)17-7-9-20(10-8-17)40-19-5-3-2-4-6-19/h2-11,13,16,22H,12,14-15H2,1H3,(H,32,38)(H,33,37)(H4,30,31,34,39)/t22-,29+/m0/s1. The van der Waals surface area contributed by atoms with E-state index < -0.39 is 18.0 Å². The van der Waals surface area contributed by atoms with Gasteiger partial charge in [-0.25, -0.2) is 4.79 Å². The minimum absolute atomic E-state index is 0.00245. The molecule has 2 aromatic carbocycles. The van der Waals surface area contributed by atoms with E-state index >= 15 is 0 Å². The first-order valence-corrected chi connectivity index (χ1v) is 13.7. The summed E-state index contributed by atoms with van der Waals surface area (Å²) in [6.07, 6.45) is 2.42. The topological polar surface area (TPSA) is 169 Å². The Kier molecular flexibility index (Phi) is 7.58. The Morgan fingerprint density at radius 3 is 2.44 bits per heavy atom. The van der Waals surface area contributed by atoms with Gasteiger partial charge in [-0.3, -0.25) is 14.4 Å². The fourth-order valence-electron chi connectivity index (χ4n) is 4.68. The highest BCUT2D eigenvalue weighted by atomic mass is 32.1. The fourth-order valence-corrected chi connectivity index (χ4v) is 5.50. The third kappa shape index (κ3) is 6.28. The molecule has 1 aliphatic carbocycles. The second-order valence-corrected chi connectivity index (χ2v) is 10.9. The van der Waals surface area contributed by atoms with Crippen molar-refractivity contribution < 1.29 is 23.9 Å². The van der Waals surface area contributed by atoms with Gasteiger partial charge in [-0.05, 0) is 48.9 Å². The molecular weight excluding hydrogens is 544 g/mol. The summed E-state index contributed by atoms with van der Waals surface area (Å²) in [5.41, 5.74) is 12.2. The van der Waals surface area contributed by atoms with Gasteiger partial charge in [0.2, 0.25) is 11.8 Å². The molecule has 1 fully saturated rings. The zero-order chi connectivity index (χ0) is 29.1.